The number of halogens is 1. The van der Waals surface area contributed by atoms with Gasteiger partial charge in [0, 0.05) is 5.33 Å². The normalized spacial score (nSPS) is 17.1. The molecule has 0 fully saturated rings. The molecule has 0 aromatic carbocycles. The number of aliphatic hydroxyl groups excluding tert-OH is 1. The van der Waals surface area contributed by atoms with Gasteiger partial charge in [-0.15, -0.1) is 0 Å². The van der Waals surface area contributed by atoms with Gasteiger partial charge >= 0.3 is 0 Å². The molecule has 0 saturated heterocycles. The molecule has 0 rings (SSSR count). The molecule has 64 valence electrons. The Kier molecular flexibility index (Phi) is 4.05. The molecule has 11 heavy (non-hydrogen) atoms. The second-order valence-corrected chi connectivity index (χ2v) is 4.35. The first-order valence-electron chi connectivity index (χ1n) is 3.57. The van der Waals surface area contributed by atoms with Crippen molar-refractivity contribution in [3.05, 3.63) is 0 Å². The summed E-state index contributed by atoms with van der Waals surface area (Å²) in [6, 6.07) is 2.06. The van der Waals surface area contributed by atoms with Gasteiger partial charge in [-0.3, -0.25) is 0 Å². The zero-order chi connectivity index (χ0) is 9.07. The fourth-order valence-electron chi connectivity index (χ4n) is 0.793. The van der Waals surface area contributed by atoms with Crippen molar-refractivity contribution in [1.82, 2.24) is 0 Å². The highest BCUT2D eigenvalue weighted by molar-refractivity contribution is 9.09. The highest BCUT2D eigenvalue weighted by Gasteiger charge is 2.29. The molecule has 3 heteroatoms. The van der Waals surface area contributed by atoms with Crippen LogP contribution in [0, 0.1) is 22.7 Å². The van der Waals surface area contributed by atoms with Gasteiger partial charge in [-0.1, -0.05) is 36.7 Å². The topological polar surface area (TPSA) is 44.0 Å². The van der Waals surface area contributed by atoms with Crippen LogP contribution in [0.2, 0.25) is 0 Å². The summed E-state index contributed by atoms with van der Waals surface area (Å²) in [5, 5.41) is 18.7. The van der Waals surface area contributed by atoms with Crippen LogP contribution in [0.5, 0.6) is 0 Å². The van der Waals surface area contributed by atoms with E-state index in [9.17, 15) is 5.11 Å². The third-order valence-corrected chi connectivity index (χ3v) is 2.30. The summed E-state index contributed by atoms with van der Waals surface area (Å²) in [4.78, 5) is 0. The van der Waals surface area contributed by atoms with E-state index in [4.69, 9.17) is 5.26 Å². The predicted molar refractivity (Wildman–Crippen MR) is 48.4 cm³/mol. The van der Waals surface area contributed by atoms with E-state index < -0.39 is 6.10 Å². The maximum atomic E-state index is 9.59. The Bertz CT molecular complexity index is 156. The summed E-state index contributed by atoms with van der Waals surface area (Å²) >= 11 is 3.19. The SMILES string of the molecule is CC(C)(C)C(O)C(C#N)CBr. The van der Waals surface area contributed by atoms with Crippen molar-refractivity contribution in [1.29, 1.82) is 5.26 Å². The number of hydrogen-bond donors (Lipinski definition) is 1. The molecule has 0 heterocycles. The van der Waals surface area contributed by atoms with Crippen molar-refractivity contribution >= 4 is 15.9 Å². The average molecular weight is 220 g/mol. The van der Waals surface area contributed by atoms with E-state index in [1.165, 1.54) is 0 Å². The molecule has 0 aliphatic rings. The molecule has 0 aliphatic heterocycles. The van der Waals surface area contributed by atoms with Gasteiger partial charge in [0.15, 0.2) is 0 Å². The summed E-state index contributed by atoms with van der Waals surface area (Å²) in [5.74, 6) is -0.310. The number of aliphatic hydroxyl groups is 1. The van der Waals surface area contributed by atoms with Crippen molar-refractivity contribution in [3.8, 4) is 6.07 Å². The minimum Gasteiger partial charge on any atom is -0.391 e. The monoisotopic (exact) mass is 219 g/mol. The molecule has 2 nitrogen and oxygen atoms in total. The van der Waals surface area contributed by atoms with Gasteiger partial charge in [-0.05, 0) is 5.41 Å². The van der Waals surface area contributed by atoms with Crippen molar-refractivity contribution in [2.24, 2.45) is 11.3 Å². The fourth-order valence-corrected chi connectivity index (χ4v) is 1.29. The Hall–Kier alpha value is -0.0700. The first-order chi connectivity index (χ1) is 4.93. The highest BCUT2D eigenvalue weighted by atomic mass is 79.9. The Morgan fingerprint density at radius 1 is 1.55 bits per heavy atom. The number of alkyl halides is 1. The Morgan fingerprint density at radius 3 is 2.09 bits per heavy atom. The molecular weight excluding hydrogens is 206 g/mol. The lowest BCUT2D eigenvalue weighted by atomic mass is 9.83. The maximum absolute atomic E-state index is 9.59. The molecule has 0 bridgehead atoms. The molecule has 0 aliphatic carbocycles. The van der Waals surface area contributed by atoms with Gasteiger partial charge in [0.25, 0.3) is 0 Å². The molecule has 0 saturated carbocycles. The third kappa shape index (κ3) is 3.22. The number of nitrogens with zero attached hydrogens (tertiary/aromatic N) is 1. The van der Waals surface area contributed by atoms with Crippen LogP contribution in [-0.4, -0.2) is 16.5 Å². The van der Waals surface area contributed by atoms with Gasteiger partial charge in [-0.2, -0.15) is 5.26 Å². The van der Waals surface area contributed by atoms with E-state index in [1.54, 1.807) is 0 Å². The van der Waals surface area contributed by atoms with Crippen LogP contribution in [0.15, 0.2) is 0 Å². The summed E-state index contributed by atoms with van der Waals surface area (Å²) < 4.78 is 0. The zero-order valence-corrected chi connectivity index (χ0v) is 8.72. The minimum atomic E-state index is -0.563. The number of hydrogen-bond acceptors (Lipinski definition) is 2. The van der Waals surface area contributed by atoms with Crippen molar-refractivity contribution in [2.75, 3.05) is 5.33 Å². The summed E-state index contributed by atoms with van der Waals surface area (Å²) in [6.07, 6.45) is -0.563. The van der Waals surface area contributed by atoms with E-state index in [2.05, 4.69) is 22.0 Å². The van der Waals surface area contributed by atoms with Gasteiger partial charge < -0.3 is 5.11 Å². The lowest BCUT2D eigenvalue weighted by Gasteiger charge is -2.28. The van der Waals surface area contributed by atoms with Crippen molar-refractivity contribution < 1.29 is 5.11 Å². The highest BCUT2D eigenvalue weighted by Crippen LogP contribution is 2.25. The van der Waals surface area contributed by atoms with E-state index in [0.29, 0.717) is 5.33 Å². The quantitative estimate of drug-likeness (QED) is 0.722. The van der Waals surface area contributed by atoms with E-state index in [0.717, 1.165) is 0 Å². The second-order valence-electron chi connectivity index (χ2n) is 3.70. The molecule has 1 N–H and O–H groups in total. The van der Waals surface area contributed by atoms with Crippen LogP contribution >= 0.6 is 15.9 Å². The molecule has 0 amide bonds. The van der Waals surface area contributed by atoms with Gasteiger partial charge in [0.2, 0.25) is 0 Å². The largest absolute Gasteiger partial charge is 0.391 e. The predicted octanol–water partition coefficient (Wildman–Crippen LogP) is 1.93. The van der Waals surface area contributed by atoms with Crippen LogP contribution in [0.4, 0.5) is 0 Å². The van der Waals surface area contributed by atoms with Gasteiger partial charge in [0.05, 0.1) is 18.1 Å². The Balaban J connectivity index is 4.24. The lowest BCUT2D eigenvalue weighted by Crippen LogP contribution is -2.33. The molecule has 2 unspecified atom stereocenters. The van der Waals surface area contributed by atoms with E-state index >= 15 is 0 Å². The van der Waals surface area contributed by atoms with Crippen LogP contribution in [0.3, 0.4) is 0 Å². The Morgan fingerprint density at radius 2 is 2.00 bits per heavy atom. The fraction of sp³-hybridized carbons (Fsp3) is 0.875. The second kappa shape index (κ2) is 4.08. The summed E-state index contributed by atoms with van der Waals surface area (Å²) in [7, 11) is 0. The molecule has 2 atom stereocenters. The minimum absolute atomic E-state index is 0.214. The first-order valence-corrected chi connectivity index (χ1v) is 4.69. The smallest absolute Gasteiger partial charge is 0.0824 e. The van der Waals surface area contributed by atoms with Gasteiger partial charge in [0.1, 0.15) is 0 Å². The standard InChI is InChI=1S/C8H14BrNO/c1-8(2,3)7(11)6(4-9)5-10/h6-7,11H,4H2,1-3H3. The zero-order valence-electron chi connectivity index (χ0n) is 7.13. The molecule has 0 radical (unpaired) electrons. The van der Waals surface area contributed by atoms with Crippen LogP contribution < -0.4 is 0 Å². The van der Waals surface area contributed by atoms with Crippen LogP contribution in [0.1, 0.15) is 20.8 Å². The third-order valence-electron chi connectivity index (χ3n) is 1.60. The van der Waals surface area contributed by atoms with Crippen LogP contribution in [0.25, 0.3) is 0 Å². The molecule has 0 spiro atoms. The summed E-state index contributed by atoms with van der Waals surface area (Å²) in [5.41, 5.74) is -0.214. The first kappa shape index (κ1) is 10.9. The van der Waals surface area contributed by atoms with Crippen molar-refractivity contribution in [3.63, 3.8) is 0 Å². The molecule has 0 aromatic heterocycles. The summed E-state index contributed by atoms with van der Waals surface area (Å²) in [6.45, 7) is 5.76. The number of nitriles is 1. The molecule has 0 aromatic rings. The van der Waals surface area contributed by atoms with Gasteiger partial charge in [-0.25, -0.2) is 0 Å². The molecular formula is C8H14BrNO. The maximum Gasteiger partial charge on any atom is 0.0824 e. The Labute approximate surface area is 76.3 Å². The van der Waals surface area contributed by atoms with Crippen LogP contribution in [-0.2, 0) is 0 Å². The van der Waals surface area contributed by atoms with E-state index in [-0.39, 0.29) is 11.3 Å². The van der Waals surface area contributed by atoms with Crippen molar-refractivity contribution in [2.45, 2.75) is 26.9 Å². The van der Waals surface area contributed by atoms with E-state index in [1.807, 2.05) is 20.8 Å². The lowest BCUT2D eigenvalue weighted by molar-refractivity contribution is 0.0379. The number of rotatable bonds is 2. The average Bonchev–Trinajstić information content (AvgIpc) is 1.88.